The van der Waals surface area contributed by atoms with Crippen molar-refractivity contribution in [2.24, 2.45) is 5.10 Å². The number of methoxy groups -OCH3 is 3. The molecule has 0 bridgehead atoms. The second kappa shape index (κ2) is 10.8. The first-order valence-corrected chi connectivity index (χ1v) is 9.64. The summed E-state index contributed by atoms with van der Waals surface area (Å²) in [6, 6.07) is 16.0. The Morgan fingerprint density at radius 2 is 1.59 bits per heavy atom. The zero-order valence-electron chi connectivity index (χ0n) is 17.9. The number of carbonyl (C=O) groups is 1. The van der Waals surface area contributed by atoms with E-state index in [-0.39, 0.29) is 12.4 Å². The topological polar surface area (TPSA) is 78.4 Å². The minimum Gasteiger partial charge on any atom is -0.497 e. The van der Waals surface area contributed by atoms with Crippen molar-refractivity contribution in [3.05, 3.63) is 83.2 Å². The van der Waals surface area contributed by atoms with Crippen LogP contribution in [-0.4, -0.2) is 33.5 Å². The molecule has 3 aromatic carbocycles. The standard InChI is InChI=1S/C24H23FN2O5/c1-29-21-11-17(12-22(13-21)30-2)24(28)27-26-14-16-4-9-23(31-3)18(10-16)15-32-20-7-5-19(25)6-8-20/h4-14H,15H2,1-3H3,(H,27,28)/b26-14+. The number of nitrogens with one attached hydrogen (secondary N) is 1. The van der Waals surface area contributed by atoms with Crippen LogP contribution in [0, 0.1) is 5.82 Å². The normalized spacial score (nSPS) is 10.6. The van der Waals surface area contributed by atoms with Crippen molar-refractivity contribution in [3.8, 4) is 23.0 Å². The van der Waals surface area contributed by atoms with E-state index in [2.05, 4.69) is 10.5 Å². The molecule has 0 saturated heterocycles. The van der Waals surface area contributed by atoms with E-state index in [0.717, 1.165) is 11.1 Å². The number of rotatable bonds is 9. The Balaban J connectivity index is 1.68. The lowest BCUT2D eigenvalue weighted by Crippen LogP contribution is -2.17. The minimum absolute atomic E-state index is 0.215. The number of hydrogen-bond donors (Lipinski definition) is 1. The van der Waals surface area contributed by atoms with E-state index >= 15 is 0 Å². The molecule has 3 rings (SSSR count). The van der Waals surface area contributed by atoms with Gasteiger partial charge in [0.25, 0.3) is 5.91 Å². The molecule has 0 spiro atoms. The maximum Gasteiger partial charge on any atom is 0.271 e. The molecule has 0 saturated carbocycles. The first-order chi connectivity index (χ1) is 15.5. The maximum atomic E-state index is 13.0. The number of amides is 1. The Bertz CT molecular complexity index is 1080. The van der Waals surface area contributed by atoms with Gasteiger partial charge in [0.15, 0.2) is 0 Å². The van der Waals surface area contributed by atoms with Crippen LogP contribution in [-0.2, 0) is 6.61 Å². The van der Waals surface area contributed by atoms with Gasteiger partial charge in [-0.2, -0.15) is 5.10 Å². The number of ether oxygens (including phenoxy) is 4. The molecule has 166 valence electrons. The van der Waals surface area contributed by atoms with Gasteiger partial charge in [0.2, 0.25) is 0 Å². The summed E-state index contributed by atoms with van der Waals surface area (Å²) >= 11 is 0. The van der Waals surface area contributed by atoms with Crippen LogP contribution in [0.15, 0.2) is 65.8 Å². The van der Waals surface area contributed by atoms with Gasteiger partial charge < -0.3 is 18.9 Å². The summed E-state index contributed by atoms with van der Waals surface area (Å²) in [4.78, 5) is 12.4. The number of nitrogens with zero attached hydrogens (tertiary/aromatic N) is 1. The number of halogens is 1. The molecule has 0 fully saturated rings. The molecule has 0 heterocycles. The Morgan fingerprint density at radius 1 is 0.906 bits per heavy atom. The van der Waals surface area contributed by atoms with Crippen LogP contribution >= 0.6 is 0 Å². The molecular weight excluding hydrogens is 415 g/mol. The average Bonchev–Trinajstić information content (AvgIpc) is 2.83. The van der Waals surface area contributed by atoms with E-state index in [1.54, 1.807) is 49.6 Å². The van der Waals surface area contributed by atoms with Gasteiger partial charge in [-0.3, -0.25) is 4.79 Å². The average molecular weight is 438 g/mol. The van der Waals surface area contributed by atoms with Gasteiger partial charge in [-0.25, -0.2) is 9.82 Å². The highest BCUT2D eigenvalue weighted by Gasteiger charge is 2.09. The molecular formula is C24H23FN2O5. The van der Waals surface area contributed by atoms with Crippen molar-refractivity contribution in [3.63, 3.8) is 0 Å². The quantitative estimate of drug-likeness (QED) is 0.400. The summed E-state index contributed by atoms with van der Waals surface area (Å²) in [6.45, 7) is 0.215. The van der Waals surface area contributed by atoms with Gasteiger partial charge in [0.1, 0.15) is 35.4 Å². The van der Waals surface area contributed by atoms with Crippen LogP contribution in [0.2, 0.25) is 0 Å². The molecule has 0 aromatic heterocycles. The van der Waals surface area contributed by atoms with Crippen LogP contribution in [0.4, 0.5) is 4.39 Å². The molecule has 0 aliphatic carbocycles. The molecule has 3 aromatic rings. The predicted molar refractivity (Wildman–Crippen MR) is 118 cm³/mol. The fourth-order valence-corrected chi connectivity index (χ4v) is 2.85. The Kier molecular flexibility index (Phi) is 7.64. The smallest absolute Gasteiger partial charge is 0.271 e. The summed E-state index contributed by atoms with van der Waals surface area (Å²) in [5.74, 6) is 1.43. The molecule has 32 heavy (non-hydrogen) atoms. The van der Waals surface area contributed by atoms with Gasteiger partial charge in [-0.05, 0) is 60.2 Å². The first-order valence-electron chi connectivity index (χ1n) is 9.64. The molecule has 0 radical (unpaired) electrons. The molecule has 0 atom stereocenters. The molecule has 1 amide bonds. The molecule has 0 aliphatic rings. The Hall–Kier alpha value is -4.07. The number of carbonyl (C=O) groups excluding carboxylic acids is 1. The number of hydrogen-bond acceptors (Lipinski definition) is 6. The maximum absolute atomic E-state index is 13.0. The van der Waals surface area contributed by atoms with E-state index < -0.39 is 5.91 Å². The highest BCUT2D eigenvalue weighted by atomic mass is 19.1. The molecule has 8 heteroatoms. The zero-order chi connectivity index (χ0) is 22.9. The third-order valence-electron chi connectivity index (χ3n) is 4.51. The van der Waals surface area contributed by atoms with E-state index in [0.29, 0.717) is 28.6 Å². The van der Waals surface area contributed by atoms with Crippen molar-refractivity contribution in [1.29, 1.82) is 0 Å². The second-order valence-corrected chi connectivity index (χ2v) is 6.61. The molecule has 0 aliphatic heterocycles. The highest BCUT2D eigenvalue weighted by molar-refractivity contribution is 5.95. The largest absolute Gasteiger partial charge is 0.497 e. The summed E-state index contributed by atoms with van der Waals surface area (Å²) in [5, 5.41) is 4.02. The van der Waals surface area contributed by atoms with Crippen molar-refractivity contribution >= 4 is 12.1 Å². The third-order valence-corrected chi connectivity index (χ3v) is 4.51. The van der Waals surface area contributed by atoms with E-state index in [9.17, 15) is 9.18 Å². The monoisotopic (exact) mass is 438 g/mol. The van der Waals surface area contributed by atoms with Crippen LogP contribution in [0.3, 0.4) is 0 Å². The Morgan fingerprint density at radius 3 is 2.22 bits per heavy atom. The van der Waals surface area contributed by atoms with Crippen molar-refractivity contribution in [2.75, 3.05) is 21.3 Å². The van der Waals surface area contributed by atoms with Crippen molar-refractivity contribution in [1.82, 2.24) is 5.43 Å². The molecule has 1 N–H and O–H groups in total. The SMILES string of the molecule is COc1cc(OC)cc(C(=O)N/N=C/c2ccc(OC)c(COc3ccc(F)cc3)c2)c1. The number of benzene rings is 3. The van der Waals surface area contributed by atoms with E-state index in [1.807, 2.05) is 6.07 Å². The van der Waals surface area contributed by atoms with Gasteiger partial charge in [-0.15, -0.1) is 0 Å². The Labute approximate surface area is 185 Å². The summed E-state index contributed by atoms with van der Waals surface area (Å²) in [7, 11) is 4.58. The summed E-state index contributed by atoms with van der Waals surface area (Å²) in [5.41, 5.74) is 4.33. The summed E-state index contributed by atoms with van der Waals surface area (Å²) < 4.78 is 34.5. The minimum atomic E-state index is -0.410. The molecule has 0 unspecified atom stereocenters. The van der Waals surface area contributed by atoms with Crippen LogP contribution in [0.5, 0.6) is 23.0 Å². The van der Waals surface area contributed by atoms with Gasteiger partial charge in [-0.1, -0.05) is 0 Å². The number of hydrazone groups is 1. The van der Waals surface area contributed by atoms with Crippen LogP contribution < -0.4 is 24.4 Å². The molecule has 7 nitrogen and oxygen atoms in total. The summed E-state index contributed by atoms with van der Waals surface area (Å²) in [6.07, 6.45) is 1.51. The van der Waals surface area contributed by atoms with E-state index in [1.165, 1.54) is 32.6 Å². The lowest BCUT2D eigenvalue weighted by molar-refractivity contribution is 0.0954. The van der Waals surface area contributed by atoms with Crippen molar-refractivity contribution in [2.45, 2.75) is 6.61 Å². The van der Waals surface area contributed by atoms with Gasteiger partial charge >= 0.3 is 0 Å². The van der Waals surface area contributed by atoms with E-state index in [4.69, 9.17) is 18.9 Å². The fraction of sp³-hybridized carbons (Fsp3) is 0.167. The zero-order valence-corrected chi connectivity index (χ0v) is 17.9. The second-order valence-electron chi connectivity index (χ2n) is 6.61. The van der Waals surface area contributed by atoms with Crippen LogP contribution in [0.25, 0.3) is 0 Å². The van der Waals surface area contributed by atoms with Gasteiger partial charge in [0.05, 0.1) is 27.5 Å². The third kappa shape index (κ3) is 5.98. The fourth-order valence-electron chi connectivity index (χ4n) is 2.85. The lowest BCUT2D eigenvalue weighted by atomic mass is 10.1. The highest BCUT2D eigenvalue weighted by Crippen LogP contribution is 2.23. The van der Waals surface area contributed by atoms with Crippen LogP contribution in [0.1, 0.15) is 21.5 Å². The van der Waals surface area contributed by atoms with Crippen molar-refractivity contribution < 1.29 is 28.1 Å². The first kappa shape index (κ1) is 22.6. The van der Waals surface area contributed by atoms with Gasteiger partial charge in [0, 0.05) is 17.2 Å². The lowest BCUT2D eigenvalue weighted by Gasteiger charge is -2.11. The predicted octanol–water partition coefficient (Wildman–Crippen LogP) is 4.19.